The fourth-order valence-corrected chi connectivity index (χ4v) is 4.66. The average molecular weight is 314 g/mol. The van der Waals surface area contributed by atoms with Crippen molar-refractivity contribution in [2.45, 2.75) is 29.1 Å². The molecule has 0 aliphatic heterocycles. The fourth-order valence-electron chi connectivity index (χ4n) is 2.03. The molecule has 110 valence electrons. The third kappa shape index (κ3) is 3.76. The van der Waals surface area contributed by atoms with Crippen molar-refractivity contribution >= 4 is 27.6 Å². The molecule has 1 aromatic rings. The minimum absolute atomic E-state index is 0.0115. The molecule has 6 heteroatoms. The van der Waals surface area contributed by atoms with Gasteiger partial charge in [0.25, 0.3) is 0 Å². The number of thioether (sulfide) groups is 1. The highest BCUT2D eigenvalue weighted by atomic mass is 32.2. The normalized spacial score (nSPS) is 16.7. The smallest absolute Gasteiger partial charge is 0.306 e. The lowest BCUT2D eigenvalue weighted by atomic mass is 10.1. The van der Waals surface area contributed by atoms with Crippen molar-refractivity contribution in [2.75, 3.05) is 19.1 Å². The number of carbonyl (C=O) groups excluding carboxylic acids is 1. The van der Waals surface area contributed by atoms with Gasteiger partial charge in [-0.15, -0.1) is 11.8 Å². The van der Waals surface area contributed by atoms with Crippen LogP contribution >= 0.6 is 11.8 Å². The monoisotopic (exact) mass is 314 g/mol. The Morgan fingerprint density at radius 2 is 2.00 bits per heavy atom. The Labute approximate surface area is 123 Å². The van der Waals surface area contributed by atoms with E-state index in [0.717, 1.165) is 23.5 Å². The highest BCUT2D eigenvalue weighted by Gasteiger charge is 2.44. The van der Waals surface area contributed by atoms with Gasteiger partial charge in [0.2, 0.25) is 0 Å². The van der Waals surface area contributed by atoms with Crippen molar-refractivity contribution in [1.82, 2.24) is 0 Å². The molecule has 0 atom stereocenters. The van der Waals surface area contributed by atoms with Gasteiger partial charge in [0.05, 0.1) is 18.4 Å². The first kappa shape index (κ1) is 15.4. The zero-order chi connectivity index (χ0) is 14.8. The molecule has 0 aromatic heterocycles. The number of sulfone groups is 1. The predicted molar refractivity (Wildman–Crippen MR) is 78.6 cm³/mol. The lowest BCUT2D eigenvalue weighted by Gasteiger charge is -2.14. The molecule has 1 aliphatic carbocycles. The molecule has 2 rings (SSSR count). The third-order valence-corrected chi connectivity index (χ3v) is 6.19. The summed E-state index contributed by atoms with van der Waals surface area (Å²) in [4.78, 5) is 12.5. The summed E-state index contributed by atoms with van der Waals surface area (Å²) in [5.41, 5.74) is -0.0115. The number of methoxy groups -OCH3 is 1. The molecular formula is C14H18O4S2. The van der Waals surface area contributed by atoms with Gasteiger partial charge >= 0.3 is 5.97 Å². The van der Waals surface area contributed by atoms with Gasteiger partial charge in [0, 0.05) is 16.9 Å². The average Bonchev–Trinajstić information content (AvgIpc) is 3.16. The van der Waals surface area contributed by atoms with Gasteiger partial charge in [-0.3, -0.25) is 4.79 Å². The largest absolute Gasteiger partial charge is 0.469 e. The minimum Gasteiger partial charge on any atom is -0.469 e. The SMILES string of the molecule is COC(=O)CC1(CSc2ccccc2S(C)(=O)=O)CC1. The Bertz CT molecular complexity index is 603. The zero-order valence-electron chi connectivity index (χ0n) is 11.6. The molecule has 1 saturated carbocycles. The van der Waals surface area contributed by atoms with Gasteiger partial charge in [-0.1, -0.05) is 12.1 Å². The maximum Gasteiger partial charge on any atom is 0.306 e. The molecule has 20 heavy (non-hydrogen) atoms. The maximum absolute atomic E-state index is 11.7. The van der Waals surface area contributed by atoms with E-state index in [0.29, 0.717) is 11.3 Å². The van der Waals surface area contributed by atoms with E-state index in [-0.39, 0.29) is 11.4 Å². The van der Waals surface area contributed by atoms with Crippen molar-refractivity contribution in [3.8, 4) is 0 Å². The van der Waals surface area contributed by atoms with Crippen LogP contribution in [-0.2, 0) is 19.4 Å². The van der Waals surface area contributed by atoms with Gasteiger partial charge in [-0.05, 0) is 30.4 Å². The molecular weight excluding hydrogens is 296 g/mol. The Morgan fingerprint density at radius 1 is 1.35 bits per heavy atom. The Hall–Kier alpha value is -1.01. The van der Waals surface area contributed by atoms with Gasteiger partial charge in [-0.25, -0.2) is 8.42 Å². The van der Waals surface area contributed by atoms with Gasteiger partial charge in [0.15, 0.2) is 9.84 Å². The topological polar surface area (TPSA) is 60.4 Å². The summed E-state index contributed by atoms with van der Waals surface area (Å²) in [6, 6.07) is 6.99. The van der Waals surface area contributed by atoms with Crippen molar-refractivity contribution in [2.24, 2.45) is 5.41 Å². The molecule has 0 N–H and O–H groups in total. The summed E-state index contributed by atoms with van der Waals surface area (Å²) < 4.78 is 28.2. The van der Waals surface area contributed by atoms with E-state index in [9.17, 15) is 13.2 Å². The number of hydrogen-bond acceptors (Lipinski definition) is 5. The number of esters is 1. The molecule has 1 fully saturated rings. The lowest BCUT2D eigenvalue weighted by molar-refractivity contribution is -0.141. The Balaban J connectivity index is 2.07. The van der Waals surface area contributed by atoms with Crippen LogP contribution in [0.25, 0.3) is 0 Å². The molecule has 0 bridgehead atoms. The van der Waals surface area contributed by atoms with E-state index in [1.165, 1.54) is 25.1 Å². The molecule has 0 saturated heterocycles. The van der Waals surface area contributed by atoms with Crippen LogP contribution in [0.2, 0.25) is 0 Å². The highest BCUT2D eigenvalue weighted by molar-refractivity contribution is 8.00. The summed E-state index contributed by atoms with van der Waals surface area (Å²) in [5.74, 6) is 0.550. The minimum atomic E-state index is -3.22. The van der Waals surface area contributed by atoms with Crippen LogP contribution in [0.15, 0.2) is 34.1 Å². The number of rotatable bonds is 6. The molecule has 4 nitrogen and oxygen atoms in total. The van der Waals surface area contributed by atoms with E-state index in [2.05, 4.69) is 0 Å². The molecule has 1 aliphatic rings. The van der Waals surface area contributed by atoms with Crippen molar-refractivity contribution < 1.29 is 17.9 Å². The standard InChI is InChI=1S/C14H18O4S2/c1-18-13(15)9-14(7-8-14)10-19-11-5-3-4-6-12(11)20(2,16)17/h3-6H,7-10H2,1-2H3. The molecule has 0 unspecified atom stereocenters. The second-order valence-corrected chi connectivity index (χ2v) is 8.26. The first-order valence-corrected chi connectivity index (χ1v) is 9.23. The van der Waals surface area contributed by atoms with E-state index in [1.54, 1.807) is 12.1 Å². The van der Waals surface area contributed by atoms with Crippen molar-refractivity contribution in [3.05, 3.63) is 24.3 Å². The van der Waals surface area contributed by atoms with Crippen LogP contribution in [-0.4, -0.2) is 33.5 Å². The number of ether oxygens (including phenoxy) is 1. The predicted octanol–water partition coefficient (Wildman–Crippen LogP) is 2.53. The molecule has 0 heterocycles. The Morgan fingerprint density at radius 3 is 2.55 bits per heavy atom. The van der Waals surface area contributed by atoms with E-state index < -0.39 is 9.84 Å². The van der Waals surface area contributed by atoms with E-state index in [1.807, 2.05) is 12.1 Å². The first-order valence-electron chi connectivity index (χ1n) is 6.35. The van der Waals surface area contributed by atoms with E-state index in [4.69, 9.17) is 4.74 Å². The van der Waals surface area contributed by atoms with Crippen LogP contribution < -0.4 is 0 Å². The van der Waals surface area contributed by atoms with E-state index >= 15 is 0 Å². The second-order valence-electron chi connectivity index (χ2n) is 5.26. The van der Waals surface area contributed by atoms with Crippen LogP contribution in [0.4, 0.5) is 0 Å². The fraction of sp³-hybridized carbons (Fsp3) is 0.500. The third-order valence-electron chi connectivity index (χ3n) is 3.49. The molecule has 0 amide bonds. The highest BCUT2D eigenvalue weighted by Crippen LogP contribution is 2.52. The van der Waals surface area contributed by atoms with Crippen LogP contribution in [0.3, 0.4) is 0 Å². The second kappa shape index (κ2) is 5.77. The summed E-state index contributed by atoms with van der Waals surface area (Å²) in [6.07, 6.45) is 3.62. The summed E-state index contributed by atoms with van der Waals surface area (Å²) >= 11 is 1.51. The van der Waals surface area contributed by atoms with Gasteiger partial charge in [0.1, 0.15) is 0 Å². The molecule has 0 radical (unpaired) electrons. The van der Waals surface area contributed by atoms with Gasteiger partial charge in [-0.2, -0.15) is 0 Å². The molecule has 1 aromatic carbocycles. The van der Waals surface area contributed by atoms with Crippen molar-refractivity contribution in [3.63, 3.8) is 0 Å². The van der Waals surface area contributed by atoms with Crippen LogP contribution in [0.1, 0.15) is 19.3 Å². The summed E-state index contributed by atoms with van der Waals surface area (Å²) in [5, 5.41) is 0. The zero-order valence-corrected chi connectivity index (χ0v) is 13.2. The maximum atomic E-state index is 11.7. The van der Waals surface area contributed by atoms with Gasteiger partial charge < -0.3 is 4.74 Å². The summed E-state index contributed by atoms with van der Waals surface area (Å²) in [7, 11) is -1.83. The molecule has 0 spiro atoms. The first-order chi connectivity index (χ1) is 9.36. The summed E-state index contributed by atoms with van der Waals surface area (Å²) in [6.45, 7) is 0. The lowest BCUT2D eigenvalue weighted by Crippen LogP contribution is -2.13. The Kier molecular flexibility index (Phi) is 4.44. The van der Waals surface area contributed by atoms with Crippen LogP contribution in [0.5, 0.6) is 0 Å². The quantitative estimate of drug-likeness (QED) is 0.596. The van der Waals surface area contributed by atoms with Crippen LogP contribution in [0, 0.1) is 5.41 Å². The van der Waals surface area contributed by atoms with Crippen molar-refractivity contribution in [1.29, 1.82) is 0 Å². The number of hydrogen-bond donors (Lipinski definition) is 0. The number of carbonyl (C=O) groups is 1. The number of benzene rings is 1.